The van der Waals surface area contributed by atoms with E-state index in [2.05, 4.69) is 27.2 Å². The summed E-state index contributed by atoms with van der Waals surface area (Å²) < 4.78 is 7.13. The summed E-state index contributed by atoms with van der Waals surface area (Å²) in [7, 11) is 0. The van der Waals surface area contributed by atoms with Crippen molar-refractivity contribution >= 4 is 11.6 Å². The maximum atomic E-state index is 10.7. The van der Waals surface area contributed by atoms with Gasteiger partial charge in [0.15, 0.2) is 5.96 Å². The molecule has 132 valence electrons. The molecule has 2 aliphatic heterocycles. The topological polar surface area (TPSA) is 97.8 Å². The minimum absolute atomic E-state index is 0.00797. The summed E-state index contributed by atoms with van der Waals surface area (Å²) >= 11 is 0. The largest absolute Gasteiger partial charge is 0.381 e. The minimum atomic E-state index is -0.440. The van der Waals surface area contributed by atoms with E-state index in [1.165, 1.54) is 12.4 Å². The third-order valence-electron chi connectivity index (χ3n) is 4.68. The summed E-state index contributed by atoms with van der Waals surface area (Å²) in [4.78, 5) is 17.2. The highest BCUT2D eigenvalue weighted by Gasteiger charge is 2.42. The first-order valence-corrected chi connectivity index (χ1v) is 8.40. The Kier molecular flexibility index (Phi) is 4.98. The van der Waals surface area contributed by atoms with E-state index < -0.39 is 4.92 Å². The summed E-state index contributed by atoms with van der Waals surface area (Å²) in [6.45, 7) is 7.59. The van der Waals surface area contributed by atoms with Crippen molar-refractivity contribution in [3.8, 4) is 0 Å². The Morgan fingerprint density at radius 2 is 2.46 bits per heavy atom. The first kappa shape index (κ1) is 16.7. The second kappa shape index (κ2) is 7.16. The molecule has 1 N–H and O–H groups in total. The highest BCUT2D eigenvalue weighted by Crippen LogP contribution is 2.38. The standard InChI is InChI=1S/C15H24N6O3/c1-2-16-14(19-6-3-15(11-19)4-8-24-12-15)17-5-7-20-10-13(9-18-20)21(22)23/h9-10H,2-8,11-12H2,1H3,(H,16,17). The third kappa shape index (κ3) is 3.66. The number of nitrogens with zero attached hydrogens (tertiary/aromatic N) is 5. The van der Waals surface area contributed by atoms with Gasteiger partial charge in [-0.3, -0.25) is 19.8 Å². The van der Waals surface area contributed by atoms with Crippen LogP contribution in [0, 0.1) is 15.5 Å². The lowest BCUT2D eigenvalue weighted by molar-refractivity contribution is -0.385. The number of likely N-dealkylation sites (tertiary alicyclic amines) is 1. The SMILES string of the molecule is CCNC(=NCCn1cc([N+](=O)[O-])cn1)N1CCC2(CCOC2)C1. The van der Waals surface area contributed by atoms with Gasteiger partial charge in [0.25, 0.3) is 0 Å². The van der Waals surface area contributed by atoms with Crippen molar-refractivity contribution in [2.45, 2.75) is 26.3 Å². The van der Waals surface area contributed by atoms with E-state index in [1.807, 2.05) is 0 Å². The van der Waals surface area contributed by atoms with E-state index in [0.717, 1.165) is 51.6 Å². The lowest BCUT2D eigenvalue weighted by Crippen LogP contribution is -2.41. The molecule has 3 rings (SSSR count). The molecule has 1 unspecified atom stereocenters. The van der Waals surface area contributed by atoms with Crippen molar-refractivity contribution in [1.82, 2.24) is 20.0 Å². The number of hydrogen-bond acceptors (Lipinski definition) is 5. The molecule has 2 fully saturated rings. The second-order valence-corrected chi connectivity index (χ2v) is 6.43. The molecule has 1 spiro atoms. The van der Waals surface area contributed by atoms with Crippen LogP contribution in [0.1, 0.15) is 19.8 Å². The first-order valence-electron chi connectivity index (χ1n) is 8.40. The van der Waals surface area contributed by atoms with Crippen molar-refractivity contribution < 1.29 is 9.66 Å². The van der Waals surface area contributed by atoms with Crippen LogP contribution >= 0.6 is 0 Å². The number of nitro groups is 1. The molecule has 1 aromatic heterocycles. The fourth-order valence-corrected chi connectivity index (χ4v) is 3.34. The average molecular weight is 336 g/mol. The summed E-state index contributed by atoms with van der Waals surface area (Å²) in [5, 5.41) is 18.0. The van der Waals surface area contributed by atoms with Crippen molar-refractivity contribution in [1.29, 1.82) is 0 Å². The van der Waals surface area contributed by atoms with Crippen LogP contribution in [-0.4, -0.2) is 65.0 Å². The van der Waals surface area contributed by atoms with Gasteiger partial charge in [-0.05, 0) is 19.8 Å². The highest BCUT2D eigenvalue weighted by molar-refractivity contribution is 5.80. The first-order chi connectivity index (χ1) is 11.6. The van der Waals surface area contributed by atoms with Gasteiger partial charge in [0.1, 0.15) is 12.4 Å². The maximum absolute atomic E-state index is 10.7. The Balaban J connectivity index is 1.58. The molecule has 0 bridgehead atoms. The lowest BCUT2D eigenvalue weighted by atomic mass is 9.87. The molecule has 2 aliphatic rings. The van der Waals surface area contributed by atoms with Crippen LogP contribution in [0.2, 0.25) is 0 Å². The van der Waals surface area contributed by atoms with Crippen LogP contribution in [0.5, 0.6) is 0 Å². The number of aliphatic imine (C=N–C) groups is 1. The number of aromatic nitrogens is 2. The van der Waals surface area contributed by atoms with Crippen molar-refractivity contribution in [2.75, 3.05) is 39.4 Å². The lowest BCUT2D eigenvalue weighted by Gasteiger charge is -2.24. The van der Waals surface area contributed by atoms with E-state index in [-0.39, 0.29) is 5.69 Å². The highest BCUT2D eigenvalue weighted by atomic mass is 16.6. The van der Waals surface area contributed by atoms with Crippen LogP contribution < -0.4 is 5.32 Å². The smallest absolute Gasteiger partial charge is 0.306 e. The minimum Gasteiger partial charge on any atom is -0.381 e. The monoisotopic (exact) mass is 336 g/mol. The molecule has 0 radical (unpaired) electrons. The van der Waals surface area contributed by atoms with Crippen LogP contribution in [0.3, 0.4) is 0 Å². The van der Waals surface area contributed by atoms with Gasteiger partial charge >= 0.3 is 5.69 Å². The molecule has 9 nitrogen and oxygen atoms in total. The number of rotatable bonds is 5. The van der Waals surface area contributed by atoms with Crippen molar-refractivity contribution in [3.05, 3.63) is 22.5 Å². The van der Waals surface area contributed by atoms with Gasteiger partial charge in [-0.2, -0.15) is 5.10 Å². The fourth-order valence-electron chi connectivity index (χ4n) is 3.34. The number of ether oxygens (including phenoxy) is 1. The van der Waals surface area contributed by atoms with Crippen LogP contribution in [0.15, 0.2) is 17.4 Å². The van der Waals surface area contributed by atoms with Crippen LogP contribution in [0.4, 0.5) is 5.69 Å². The van der Waals surface area contributed by atoms with Gasteiger partial charge in [-0.15, -0.1) is 0 Å². The van der Waals surface area contributed by atoms with Gasteiger partial charge in [0.2, 0.25) is 0 Å². The average Bonchev–Trinajstić information content (AvgIpc) is 3.29. The molecule has 0 aliphatic carbocycles. The molecule has 0 aromatic carbocycles. The zero-order valence-corrected chi connectivity index (χ0v) is 14.0. The summed E-state index contributed by atoms with van der Waals surface area (Å²) in [5.41, 5.74) is 0.298. The van der Waals surface area contributed by atoms with Gasteiger partial charge in [0, 0.05) is 31.7 Å². The molecule has 24 heavy (non-hydrogen) atoms. The summed E-state index contributed by atoms with van der Waals surface area (Å²) in [6.07, 6.45) is 4.96. The van der Waals surface area contributed by atoms with E-state index in [0.29, 0.717) is 18.5 Å². The normalized spacial score (nSPS) is 24.0. The van der Waals surface area contributed by atoms with E-state index in [1.54, 1.807) is 4.68 Å². The molecule has 0 saturated carbocycles. The predicted octanol–water partition coefficient (Wildman–Crippen LogP) is 0.869. The molecule has 1 atom stereocenters. The van der Waals surface area contributed by atoms with E-state index in [9.17, 15) is 10.1 Å². The Bertz CT molecular complexity index is 608. The molecule has 1 aromatic rings. The summed E-state index contributed by atoms with van der Waals surface area (Å²) in [6, 6.07) is 0. The quantitative estimate of drug-likeness (QED) is 0.371. The molecular formula is C15H24N6O3. The second-order valence-electron chi connectivity index (χ2n) is 6.43. The van der Waals surface area contributed by atoms with E-state index in [4.69, 9.17) is 4.74 Å². The summed E-state index contributed by atoms with van der Waals surface area (Å²) in [5.74, 6) is 0.905. The molecule has 9 heteroatoms. The number of guanidine groups is 1. The van der Waals surface area contributed by atoms with Gasteiger partial charge in [-0.1, -0.05) is 0 Å². The molecule has 0 amide bonds. The van der Waals surface area contributed by atoms with Crippen molar-refractivity contribution in [2.24, 2.45) is 10.4 Å². The molecular weight excluding hydrogens is 312 g/mol. The van der Waals surface area contributed by atoms with E-state index >= 15 is 0 Å². The predicted molar refractivity (Wildman–Crippen MR) is 88.9 cm³/mol. The van der Waals surface area contributed by atoms with Gasteiger partial charge < -0.3 is 15.0 Å². The maximum Gasteiger partial charge on any atom is 0.306 e. The Hall–Kier alpha value is -2.16. The zero-order valence-electron chi connectivity index (χ0n) is 14.0. The molecule has 2 saturated heterocycles. The number of nitrogens with one attached hydrogen (secondary N) is 1. The van der Waals surface area contributed by atoms with Crippen LogP contribution in [0.25, 0.3) is 0 Å². The Morgan fingerprint density at radius 3 is 3.12 bits per heavy atom. The third-order valence-corrected chi connectivity index (χ3v) is 4.68. The van der Waals surface area contributed by atoms with Gasteiger partial charge in [-0.25, -0.2) is 0 Å². The fraction of sp³-hybridized carbons (Fsp3) is 0.733. The zero-order chi connectivity index (χ0) is 17.0. The Labute approximate surface area is 140 Å². The van der Waals surface area contributed by atoms with Crippen LogP contribution in [-0.2, 0) is 11.3 Å². The van der Waals surface area contributed by atoms with Crippen molar-refractivity contribution in [3.63, 3.8) is 0 Å². The molecule has 3 heterocycles. The van der Waals surface area contributed by atoms with Gasteiger partial charge in [0.05, 0.1) is 24.6 Å². The Morgan fingerprint density at radius 1 is 1.58 bits per heavy atom. The number of hydrogen-bond donors (Lipinski definition) is 1.